The average Bonchev–Trinajstić information content (AvgIpc) is 2.35. The van der Waals surface area contributed by atoms with E-state index >= 15 is 0 Å². The number of hydrogen-bond acceptors (Lipinski definition) is 3. The number of benzene rings is 1. The minimum absolute atomic E-state index is 0.225. The van der Waals surface area contributed by atoms with Gasteiger partial charge in [-0.05, 0) is 19.9 Å². The molecule has 0 saturated carbocycles. The Bertz CT molecular complexity index is 574. The molecule has 0 bridgehead atoms. The Kier molecular flexibility index (Phi) is 5.15. The second-order valence-electron chi connectivity index (χ2n) is 4.88. The summed E-state index contributed by atoms with van der Waals surface area (Å²) in [6, 6.07) is 5.05. The van der Waals surface area contributed by atoms with Crippen molar-refractivity contribution in [1.82, 2.24) is 10.6 Å². The Hall–Kier alpha value is -2.28. The van der Waals surface area contributed by atoms with Crippen LogP contribution in [-0.2, 0) is 9.59 Å². The van der Waals surface area contributed by atoms with Gasteiger partial charge in [0.15, 0.2) is 0 Å². The summed E-state index contributed by atoms with van der Waals surface area (Å²) < 4.78 is 0. The van der Waals surface area contributed by atoms with Crippen molar-refractivity contribution in [1.29, 1.82) is 0 Å². The summed E-state index contributed by atoms with van der Waals surface area (Å²) in [5.74, 6) is -1.47. The summed E-state index contributed by atoms with van der Waals surface area (Å²) in [5.41, 5.74) is 4.13. The molecule has 5 N–H and O–H groups in total. The summed E-state index contributed by atoms with van der Waals surface area (Å²) >= 11 is 5.98. The first-order valence-electron chi connectivity index (χ1n) is 6.01. The first kappa shape index (κ1) is 16.8. The van der Waals surface area contributed by atoms with Crippen LogP contribution in [0.3, 0.4) is 0 Å². The third kappa shape index (κ3) is 4.35. The number of carboxylic acid groups (broad SMARTS) is 1. The number of nitrogens with one attached hydrogen (secondary N) is 2. The van der Waals surface area contributed by atoms with Gasteiger partial charge < -0.3 is 21.5 Å². The molecule has 0 heterocycles. The highest BCUT2D eigenvalue weighted by Gasteiger charge is 2.32. The van der Waals surface area contributed by atoms with Crippen LogP contribution in [0.2, 0.25) is 5.02 Å². The lowest BCUT2D eigenvalue weighted by Crippen LogP contribution is -2.55. The number of rotatable bonds is 5. The number of hydrogen-bond donors (Lipinski definition) is 4. The van der Waals surface area contributed by atoms with E-state index in [2.05, 4.69) is 10.6 Å². The van der Waals surface area contributed by atoms with Crippen molar-refractivity contribution in [2.75, 3.05) is 0 Å². The Morgan fingerprint density at radius 1 is 1.29 bits per heavy atom. The molecule has 0 aliphatic heterocycles. The topological polar surface area (TPSA) is 122 Å². The first-order chi connectivity index (χ1) is 9.65. The van der Waals surface area contributed by atoms with E-state index < -0.39 is 29.5 Å². The highest BCUT2D eigenvalue weighted by Crippen LogP contribution is 2.23. The molecule has 1 unspecified atom stereocenters. The zero-order valence-corrected chi connectivity index (χ0v) is 12.3. The van der Waals surface area contributed by atoms with Crippen molar-refractivity contribution < 1.29 is 19.5 Å². The van der Waals surface area contributed by atoms with E-state index in [0.717, 1.165) is 0 Å². The third-order valence-corrected chi connectivity index (χ3v) is 3.14. The number of amides is 3. The predicted octanol–water partition coefficient (Wildman–Crippen LogP) is 1.03. The van der Waals surface area contributed by atoms with Crippen molar-refractivity contribution in [2.24, 2.45) is 5.73 Å². The molecule has 0 aliphatic carbocycles. The minimum Gasteiger partial charge on any atom is -0.465 e. The van der Waals surface area contributed by atoms with Crippen LogP contribution < -0.4 is 16.4 Å². The molecule has 1 atom stereocenters. The van der Waals surface area contributed by atoms with Gasteiger partial charge in [-0.1, -0.05) is 29.8 Å². The molecular weight excluding hydrogens is 298 g/mol. The summed E-state index contributed by atoms with van der Waals surface area (Å²) in [7, 11) is 0. The number of primary amides is 1. The van der Waals surface area contributed by atoms with Gasteiger partial charge in [-0.3, -0.25) is 9.59 Å². The fourth-order valence-corrected chi connectivity index (χ4v) is 1.80. The van der Waals surface area contributed by atoms with E-state index in [1.54, 1.807) is 12.1 Å². The summed E-state index contributed by atoms with van der Waals surface area (Å²) in [4.78, 5) is 34.4. The van der Waals surface area contributed by atoms with Crippen molar-refractivity contribution in [3.05, 3.63) is 34.9 Å². The van der Waals surface area contributed by atoms with Gasteiger partial charge in [0.1, 0.15) is 11.6 Å². The lowest BCUT2D eigenvalue weighted by molar-refractivity contribution is -0.131. The van der Waals surface area contributed by atoms with Crippen molar-refractivity contribution in [3.8, 4) is 0 Å². The highest BCUT2D eigenvalue weighted by atomic mass is 35.5. The maximum absolute atomic E-state index is 12.2. The molecule has 114 valence electrons. The zero-order valence-electron chi connectivity index (χ0n) is 11.5. The second-order valence-corrected chi connectivity index (χ2v) is 5.29. The molecule has 0 saturated heterocycles. The Morgan fingerprint density at radius 2 is 1.86 bits per heavy atom. The molecule has 7 nitrogen and oxygen atoms in total. The molecule has 0 spiro atoms. The zero-order chi connectivity index (χ0) is 16.2. The van der Waals surface area contributed by atoms with Crippen LogP contribution in [-0.4, -0.2) is 28.6 Å². The smallest absolute Gasteiger partial charge is 0.405 e. The third-order valence-electron chi connectivity index (χ3n) is 2.80. The Morgan fingerprint density at radius 3 is 2.33 bits per heavy atom. The molecule has 8 heteroatoms. The van der Waals surface area contributed by atoms with Gasteiger partial charge >= 0.3 is 6.09 Å². The van der Waals surface area contributed by atoms with Crippen molar-refractivity contribution in [3.63, 3.8) is 0 Å². The number of carbonyl (C=O) groups is 3. The lowest BCUT2D eigenvalue weighted by Gasteiger charge is -2.26. The highest BCUT2D eigenvalue weighted by molar-refractivity contribution is 6.31. The predicted molar refractivity (Wildman–Crippen MR) is 76.8 cm³/mol. The van der Waals surface area contributed by atoms with Gasteiger partial charge in [-0.15, -0.1) is 0 Å². The normalized spacial score (nSPS) is 12.3. The molecule has 0 aliphatic rings. The van der Waals surface area contributed by atoms with E-state index in [1.165, 1.54) is 26.0 Å². The SMILES string of the molecule is CC(C)(NC(=O)C(NC(=O)O)c1ccccc1Cl)C(N)=O. The van der Waals surface area contributed by atoms with Crippen LogP contribution in [0.15, 0.2) is 24.3 Å². The van der Waals surface area contributed by atoms with Crippen LogP contribution in [0.25, 0.3) is 0 Å². The van der Waals surface area contributed by atoms with Gasteiger partial charge in [0.05, 0.1) is 0 Å². The molecule has 3 amide bonds. The van der Waals surface area contributed by atoms with Gasteiger partial charge in [0, 0.05) is 10.6 Å². The molecule has 0 fully saturated rings. The maximum Gasteiger partial charge on any atom is 0.405 e. The van der Waals surface area contributed by atoms with Gasteiger partial charge in [0.2, 0.25) is 11.8 Å². The quantitative estimate of drug-likeness (QED) is 0.648. The Labute approximate surface area is 126 Å². The van der Waals surface area contributed by atoms with Gasteiger partial charge in [-0.2, -0.15) is 0 Å². The Balaban J connectivity index is 3.09. The van der Waals surface area contributed by atoms with Crippen LogP contribution >= 0.6 is 11.6 Å². The number of halogens is 1. The van der Waals surface area contributed by atoms with Gasteiger partial charge in [0.25, 0.3) is 0 Å². The molecule has 0 aromatic heterocycles. The van der Waals surface area contributed by atoms with Crippen LogP contribution in [0.1, 0.15) is 25.5 Å². The lowest BCUT2D eigenvalue weighted by atomic mass is 10.0. The van der Waals surface area contributed by atoms with E-state index in [0.29, 0.717) is 0 Å². The fourth-order valence-electron chi connectivity index (χ4n) is 1.56. The summed E-state index contributed by atoms with van der Waals surface area (Å²) in [6.07, 6.45) is -1.40. The second kappa shape index (κ2) is 6.45. The standard InChI is InChI=1S/C13H16ClN3O4/c1-13(2,11(15)19)17-10(18)9(16-12(20)21)7-5-3-4-6-8(7)14/h3-6,9,16H,1-2H3,(H2,15,19)(H,17,18)(H,20,21). The molecule has 21 heavy (non-hydrogen) atoms. The largest absolute Gasteiger partial charge is 0.465 e. The maximum atomic E-state index is 12.2. The summed E-state index contributed by atoms with van der Waals surface area (Å²) in [6.45, 7) is 2.83. The summed E-state index contributed by atoms with van der Waals surface area (Å²) in [5, 5.41) is 13.5. The van der Waals surface area contributed by atoms with Crippen LogP contribution in [0, 0.1) is 0 Å². The molecule has 1 rings (SSSR count). The first-order valence-corrected chi connectivity index (χ1v) is 6.38. The van der Waals surface area contributed by atoms with Gasteiger partial charge in [-0.25, -0.2) is 4.79 Å². The average molecular weight is 314 g/mol. The minimum atomic E-state index is -1.40. The van der Waals surface area contributed by atoms with Crippen LogP contribution in [0.4, 0.5) is 4.79 Å². The van der Waals surface area contributed by atoms with Crippen LogP contribution in [0.5, 0.6) is 0 Å². The van der Waals surface area contributed by atoms with E-state index in [-0.39, 0.29) is 10.6 Å². The monoisotopic (exact) mass is 313 g/mol. The van der Waals surface area contributed by atoms with E-state index in [9.17, 15) is 14.4 Å². The van der Waals surface area contributed by atoms with Crippen molar-refractivity contribution in [2.45, 2.75) is 25.4 Å². The molecule has 1 aromatic rings. The number of carbonyl (C=O) groups excluding carboxylic acids is 2. The van der Waals surface area contributed by atoms with E-state index in [4.69, 9.17) is 22.4 Å². The number of nitrogens with two attached hydrogens (primary N) is 1. The molecule has 0 radical (unpaired) electrons. The fraction of sp³-hybridized carbons (Fsp3) is 0.308. The molecule has 1 aromatic carbocycles. The van der Waals surface area contributed by atoms with E-state index in [1.807, 2.05) is 0 Å². The molecular formula is C13H16ClN3O4. The van der Waals surface area contributed by atoms with Crippen molar-refractivity contribution >= 4 is 29.5 Å².